The third kappa shape index (κ3) is 3.57. The van der Waals surface area contributed by atoms with Crippen molar-refractivity contribution in [1.29, 1.82) is 0 Å². The minimum atomic E-state index is -0.462. The number of carbonyl (C=O) groups excluding carboxylic acids is 1. The summed E-state index contributed by atoms with van der Waals surface area (Å²) in [5.74, 6) is -0.327. The zero-order valence-corrected chi connectivity index (χ0v) is 14.6. The molecule has 5 nitrogen and oxygen atoms in total. The Hall–Kier alpha value is -1.98. The molecule has 132 valence electrons. The summed E-state index contributed by atoms with van der Waals surface area (Å²) >= 11 is 0. The van der Waals surface area contributed by atoms with Crippen molar-refractivity contribution in [3.05, 3.63) is 24.0 Å². The summed E-state index contributed by atoms with van der Waals surface area (Å²) in [6.45, 7) is 7.15. The lowest BCUT2D eigenvalue weighted by molar-refractivity contribution is 0.0237. The maximum absolute atomic E-state index is 13.1. The Kier molecular flexibility index (Phi) is 4.10. The van der Waals surface area contributed by atoms with Gasteiger partial charge in [-0.3, -0.25) is 0 Å². The van der Waals surface area contributed by atoms with Crippen molar-refractivity contribution in [1.82, 2.24) is 4.90 Å². The maximum atomic E-state index is 13.1. The molecule has 1 aliphatic carbocycles. The first kappa shape index (κ1) is 16.9. The van der Waals surface area contributed by atoms with Crippen LogP contribution < -0.4 is 11.1 Å². The van der Waals surface area contributed by atoms with Gasteiger partial charge in [0.15, 0.2) is 0 Å². The largest absolute Gasteiger partial charge is 0.444 e. The zero-order valence-electron chi connectivity index (χ0n) is 14.6. The van der Waals surface area contributed by atoms with E-state index in [4.69, 9.17) is 10.5 Å². The van der Waals surface area contributed by atoms with Gasteiger partial charge in [-0.05, 0) is 63.6 Å². The molecule has 1 heterocycles. The van der Waals surface area contributed by atoms with Gasteiger partial charge in [0, 0.05) is 19.1 Å². The molecule has 3 N–H and O–H groups in total. The van der Waals surface area contributed by atoms with E-state index in [1.54, 1.807) is 6.07 Å². The molecule has 1 saturated carbocycles. The van der Waals surface area contributed by atoms with E-state index in [0.29, 0.717) is 11.7 Å². The van der Waals surface area contributed by atoms with Crippen molar-refractivity contribution in [2.75, 3.05) is 24.1 Å². The van der Waals surface area contributed by atoms with E-state index in [-0.39, 0.29) is 17.3 Å². The van der Waals surface area contributed by atoms with Gasteiger partial charge in [-0.15, -0.1) is 0 Å². The van der Waals surface area contributed by atoms with Crippen LogP contribution >= 0.6 is 0 Å². The van der Waals surface area contributed by atoms with Crippen LogP contribution in [-0.4, -0.2) is 35.7 Å². The smallest absolute Gasteiger partial charge is 0.410 e. The molecule has 1 aromatic rings. The van der Waals surface area contributed by atoms with Crippen LogP contribution in [0.1, 0.15) is 40.0 Å². The molecule has 0 bridgehead atoms. The Balaban J connectivity index is 1.52. The van der Waals surface area contributed by atoms with Crippen molar-refractivity contribution >= 4 is 17.5 Å². The molecular weight excluding hydrogens is 309 g/mol. The van der Waals surface area contributed by atoms with Crippen LogP contribution in [0.2, 0.25) is 0 Å². The number of nitrogens with zero attached hydrogens (tertiary/aromatic N) is 1. The average molecular weight is 335 g/mol. The Morgan fingerprint density at radius 2 is 2.12 bits per heavy atom. The predicted octanol–water partition coefficient (Wildman–Crippen LogP) is 3.61. The molecule has 0 atom stereocenters. The lowest BCUT2D eigenvalue weighted by atomic mass is 9.65. The molecule has 1 aliphatic heterocycles. The number of amides is 1. The van der Waals surface area contributed by atoms with Gasteiger partial charge in [0.05, 0.1) is 11.4 Å². The number of rotatable bonds is 2. The van der Waals surface area contributed by atoms with Crippen LogP contribution in [0.25, 0.3) is 0 Å². The van der Waals surface area contributed by atoms with Gasteiger partial charge >= 0.3 is 6.09 Å². The number of benzene rings is 1. The van der Waals surface area contributed by atoms with Crippen LogP contribution in [0.15, 0.2) is 18.2 Å². The summed E-state index contributed by atoms with van der Waals surface area (Å²) in [5, 5.41) is 3.38. The number of nitrogens with two attached hydrogens (primary N) is 1. The second kappa shape index (κ2) is 5.83. The van der Waals surface area contributed by atoms with Crippen molar-refractivity contribution in [3.63, 3.8) is 0 Å². The van der Waals surface area contributed by atoms with Gasteiger partial charge < -0.3 is 20.7 Å². The van der Waals surface area contributed by atoms with Crippen LogP contribution in [0, 0.1) is 11.2 Å². The number of nitrogen functional groups attached to an aromatic ring is 1. The Labute approximate surface area is 142 Å². The minimum absolute atomic E-state index is 0.184. The fraction of sp³-hybridized carbons (Fsp3) is 0.611. The number of hydrogen-bond acceptors (Lipinski definition) is 4. The topological polar surface area (TPSA) is 67.6 Å². The van der Waals surface area contributed by atoms with Crippen molar-refractivity contribution in [2.24, 2.45) is 5.41 Å². The number of anilines is 2. The van der Waals surface area contributed by atoms with Gasteiger partial charge in [0.1, 0.15) is 11.4 Å². The van der Waals surface area contributed by atoms with Crippen molar-refractivity contribution < 1.29 is 13.9 Å². The molecule has 24 heavy (non-hydrogen) atoms. The second-order valence-electron chi connectivity index (χ2n) is 8.13. The summed E-state index contributed by atoms with van der Waals surface area (Å²) in [5.41, 5.74) is 6.77. The van der Waals surface area contributed by atoms with E-state index in [1.165, 1.54) is 12.1 Å². The van der Waals surface area contributed by atoms with Gasteiger partial charge in [-0.25, -0.2) is 9.18 Å². The first-order chi connectivity index (χ1) is 11.2. The molecular formula is C18H26FN3O2. The number of likely N-dealkylation sites (tertiary alicyclic amines) is 1. The van der Waals surface area contributed by atoms with Crippen LogP contribution in [0.3, 0.4) is 0 Å². The fourth-order valence-corrected chi connectivity index (χ4v) is 3.72. The normalized spacial score (nSPS) is 26.3. The molecule has 1 aromatic carbocycles. The third-order valence-electron chi connectivity index (χ3n) is 4.82. The Morgan fingerprint density at radius 3 is 2.75 bits per heavy atom. The lowest BCUT2D eigenvalue weighted by Crippen LogP contribution is -2.47. The Bertz CT molecular complexity index is 636. The zero-order chi connectivity index (χ0) is 17.5. The highest BCUT2D eigenvalue weighted by atomic mass is 19.1. The summed E-state index contributed by atoms with van der Waals surface area (Å²) in [4.78, 5) is 14.0. The summed E-state index contributed by atoms with van der Waals surface area (Å²) in [6, 6.07) is 4.73. The van der Waals surface area contributed by atoms with Crippen molar-refractivity contribution in [2.45, 2.75) is 51.7 Å². The summed E-state index contributed by atoms with van der Waals surface area (Å²) < 4.78 is 18.6. The van der Waals surface area contributed by atoms with Crippen LogP contribution in [0.5, 0.6) is 0 Å². The number of halogens is 1. The SMILES string of the molecule is CC(C)(C)OC(=O)N1CCC2(CC(Nc3ccc(F)cc3N)C2)C1. The molecule has 3 rings (SSSR count). The lowest BCUT2D eigenvalue weighted by Gasteiger charge is -2.46. The highest BCUT2D eigenvalue weighted by Crippen LogP contribution is 2.49. The molecule has 0 unspecified atom stereocenters. The fourth-order valence-electron chi connectivity index (χ4n) is 3.72. The first-order valence-corrected chi connectivity index (χ1v) is 8.45. The molecule has 1 amide bonds. The second-order valence-corrected chi connectivity index (χ2v) is 8.13. The number of hydrogen-bond donors (Lipinski definition) is 2. The van der Waals surface area contributed by atoms with Crippen LogP contribution in [0.4, 0.5) is 20.6 Å². The number of carbonyl (C=O) groups is 1. The standard InChI is InChI=1S/C18H26FN3O2/c1-17(2,3)24-16(23)22-7-6-18(11-22)9-13(10-18)21-15-5-4-12(19)8-14(15)20/h4-5,8,13,21H,6-7,9-11,20H2,1-3H3. The molecule has 1 spiro atoms. The van der Waals surface area contributed by atoms with E-state index in [0.717, 1.165) is 38.0 Å². The molecule has 1 saturated heterocycles. The number of ether oxygens (including phenoxy) is 1. The average Bonchev–Trinajstić information content (AvgIpc) is 2.84. The van der Waals surface area contributed by atoms with Crippen LogP contribution in [-0.2, 0) is 4.74 Å². The van der Waals surface area contributed by atoms with Crippen molar-refractivity contribution in [3.8, 4) is 0 Å². The monoisotopic (exact) mass is 335 g/mol. The highest BCUT2D eigenvalue weighted by molar-refractivity contribution is 5.69. The highest BCUT2D eigenvalue weighted by Gasteiger charge is 2.50. The van der Waals surface area contributed by atoms with Gasteiger partial charge in [-0.2, -0.15) is 0 Å². The quantitative estimate of drug-likeness (QED) is 0.810. The first-order valence-electron chi connectivity index (χ1n) is 8.45. The molecule has 2 aliphatic rings. The summed E-state index contributed by atoms with van der Waals surface area (Å²) in [6.07, 6.45) is 2.76. The van der Waals surface area contributed by atoms with E-state index >= 15 is 0 Å². The molecule has 0 aromatic heterocycles. The van der Waals surface area contributed by atoms with E-state index in [9.17, 15) is 9.18 Å². The minimum Gasteiger partial charge on any atom is -0.444 e. The summed E-state index contributed by atoms with van der Waals surface area (Å²) in [7, 11) is 0. The number of nitrogens with one attached hydrogen (secondary N) is 1. The van der Waals surface area contributed by atoms with E-state index < -0.39 is 5.60 Å². The Morgan fingerprint density at radius 1 is 1.42 bits per heavy atom. The third-order valence-corrected chi connectivity index (χ3v) is 4.82. The molecule has 2 fully saturated rings. The van der Waals surface area contributed by atoms with Gasteiger partial charge in [0.25, 0.3) is 0 Å². The van der Waals surface area contributed by atoms with E-state index in [2.05, 4.69) is 5.32 Å². The maximum Gasteiger partial charge on any atom is 0.410 e. The van der Waals surface area contributed by atoms with Gasteiger partial charge in [-0.1, -0.05) is 0 Å². The molecule has 0 radical (unpaired) electrons. The molecule has 6 heteroatoms. The van der Waals surface area contributed by atoms with E-state index in [1.807, 2.05) is 25.7 Å². The predicted molar refractivity (Wildman–Crippen MR) is 92.3 cm³/mol. The van der Waals surface area contributed by atoms with Gasteiger partial charge in [0.2, 0.25) is 0 Å².